The predicted octanol–water partition coefficient (Wildman–Crippen LogP) is 3.16. The van der Waals surface area contributed by atoms with Gasteiger partial charge >= 0.3 is 0 Å². The third-order valence-corrected chi connectivity index (χ3v) is 3.66. The Balaban J connectivity index is 3.12. The van der Waals surface area contributed by atoms with Crippen LogP contribution in [0.1, 0.15) is 5.56 Å². The molecule has 1 rings (SSSR count). The van der Waals surface area contributed by atoms with Crippen LogP contribution < -0.4 is 0 Å². The summed E-state index contributed by atoms with van der Waals surface area (Å²) in [4.78, 5) is 9.53. The van der Waals surface area contributed by atoms with Crippen LogP contribution >= 0.6 is 31.9 Å². The molecule has 6 heteroatoms. The third kappa shape index (κ3) is 2.55. The Morgan fingerprint density at radius 2 is 2.00 bits per heavy atom. The zero-order chi connectivity index (χ0) is 10.7. The maximum absolute atomic E-state index is 10.1. The fourth-order valence-corrected chi connectivity index (χ4v) is 1.65. The fraction of sp³-hybridized carbons (Fsp3) is 0. The number of phenols is 1. The van der Waals surface area contributed by atoms with Crippen molar-refractivity contribution in [3.05, 3.63) is 43.0 Å². The third-order valence-electron chi connectivity index (χ3n) is 1.47. The van der Waals surface area contributed by atoms with Crippen LogP contribution in [0.15, 0.2) is 27.3 Å². The van der Waals surface area contributed by atoms with E-state index in [1.54, 1.807) is 6.07 Å². The second-order valence-corrected chi connectivity index (χ2v) is 3.99. The van der Waals surface area contributed by atoms with Crippen molar-refractivity contribution in [2.45, 2.75) is 0 Å². The van der Waals surface area contributed by atoms with E-state index >= 15 is 0 Å². The lowest BCUT2D eigenvalue weighted by Crippen LogP contribution is -1.84. The average Bonchev–Trinajstić information content (AvgIpc) is 2.13. The van der Waals surface area contributed by atoms with Gasteiger partial charge in [0.2, 0.25) is 6.20 Å². The van der Waals surface area contributed by atoms with Gasteiger partial charge in [-0.3, -0.25) is 10.1 Å². The molecule has 0 aliphatic rings. The van der Waals surface area contributed by atoms with Crippen LogP contribution in [0.25, 0.3) is 6.08 Å². The van der Waals surface area contributed by atoms with E-state index in [1.165, 1.54) is 12.1 Å². The van der Waals surface area contributed by atoms with E-state index < -0.39 is 4.92 Å². The Kier molecular flexibility index (Phi) is 3.65. The van der Waals surface area contributed by atoms with Gasteiger partial charge in [-0.25, -0.2) is 0 Å². The van der Waals surface area contributed by atoms with Gasteiger partial charge in [0, 0.05) is 10.5 Å². The summed E-state index contributed by atoms with van der Waals surface area (Å²) in [6.45, 7) is 0. The van der Waals surface area contributed by atoms with E-state index in [0.29, 0.717) is 14.5 Å². The normalized spacial score (nSPS) is 10.7. The van der Waals surface area contributed by atoms with Crippen molar-refractivity contribution in [2.24, 2.45) is 0 Å². The standard InChI is InChI=1S/C8H5Br2NO3/c9-7-5(3-4-11(13)14)1-2-6(12)8(7)10/h1-4,12H. The van der Waals surface area contributed by atoms with Crippen LogP contribution in [0.5, 0.6) is 5.75 Å². The van der Waals surface area contributed by atoms with Gasteiger partial charge in [-0.15, -0.1) is 0 Å². The molecule has 0 saturated heterocycles. The minimum Gasteiger partial charge on any atom is -0.507 e. The molecule has 0 heterocycles. The van der Waals surface area contributed by atoms with Crippen LogP contribution in [0.3, 0.4) is 0 Å². The van der Waals surface area contributed by atoms with E-state index in [9.17, 15) is 15.2 Å². The van der Waals surface area contributed by atoms with E-state index in [4.69, 9.17) is 0 Å². The monoisotopic (exact) mass is 321 g/mol. The summed E-state index contributed by atoms with van der Waals surface area (Å²) < 4.78 is 1.05. The van der Waals surface area contributed by atoms with Gasteiger partial charge in [0.05, 0.1) is 9.40 Å². The molecule has 0 aliphatic carbocycles. The number of nitro groups is 1. The van der Waals surface area contributed by atoms with Crippen LogP contribution in [-0.2, 0) is 0 Å². The molecule has 0 fully saturated rings. The first-order valence-corrected chi connectivity index (χ1v) is 5.09. The Labute approximate surface area is 96.7 Å². The van der Waals surface area contributed by atoms with Gasteiger partial charge in [-0.05, 0) is 49.6 Å². The number of phenolic OH excluding ortho intramolecular Hbond substituents is 1. The van der Waals surface area contributed by atoms with Gasteiger partial charge in [-0.1, -0.05) is 0 Å². The molecule has 0 amide bonds. The van der Waals surface area contributed by atoms with Crippen molar-refractivity contribution in [3.8, 4) is 5.75 Å². The SMILES string of the molecule is O=[N+]([O-])C=Cc1ccc(O)c(Br)c1Br. The second-order valence-electron chi connectivity index (χ2n) is 2.40. The van der Waals surface area contributed by atoms with Crippen LogP contribution in [0, 0.1) is 10.1 Å². The Bertz CT molecular complexity index is 404. The van der Waals surface area contributed by atoms with Gasteiger partial charge in [0.1, 0.15) is 5.75 Å². The number of rotatable bonds is 2. The van der Waals surface area contributed by atoms with Crippen molar-refractivity contribution in [1.29, 1.82) is 0 Å². The molecule has 0 radical (unpaired) electrons. The molecule has 1 aromatic rings. The zero-order valence-corrected chi connectivity index (χ0v) is 9.95. The maximum atomic E-state index is 10.1. The van der Waals surface area contributed by atoms with Crippen molar-refractivity contribution in [3.63, 3.8) is 0 Å². The molecule has 0 atom stereocenters. The molecule has 14 heavy (non-hydrogen) atoms. The maximum Gasteiger partial charge on any atom is 0.235 e. The largest absolute Gasteiger partial charge is 0.507 e. The molecule has 0 bridgehead atoms. The highest BCUT2D eigenvalue weighted by molar-refractivity contribution is 9.13. The quantitative estimate of drug-likeness (QED) is 0.672. The smallest absolute Gasteiger partial charge is 0.235 e. The second kappa shape index (κ2) is 4.56. The van der Waals surface area contributed by atoms with E-state index in [2.05, 4.69) is 31.9 Å². The zero-order valence-electron chi connectivity index (χ0n) is 6.78. The first-order valence-electron chi connectivity index (χ1n) is 3.51. The van der Waals surface area contributed by atoms with E-state index in [0.717, 1.165) is 6.20 Å². The van der Waals surface area contributed by atoms with Gasteiger partial charge in [-0.2, -0.15) is 0 Å². The Morgan fingerprint density at radius 1 is 1.36 bits per heavy atom. The first-order chi connectivity index (χ1) is 6.52. The summed E-state index contributed by atoms with van der Waals surface area (Å²) in [5.74, 6) is 0.0788. The van der Waals surface area contributed by atoms with Crippen LogP contribution in [0.2, 0.25) is 0 Å². The van der Waals surface area contributed by atoms with E-state index in [-0.39, 0.29) is 5.75 Å². The minimum atomic E-state index is -0.548. The van der Waals surface area contributed by atoms with Crippen molar-refractivity contribution >= 4 is 37.9 Å². The van der Waals surface area contributed by atoms with Crippen LogP contribution in [-0.4, -0.2) is 10.0 Å². The lowest BCUT2D eigenvalue weighted by Gasteiger charge is -2.02. The van der Waals surface area contributed by atoms with Crippen molar-refractivity contribution in [2.75, 3.05) is 0 Å². The van der Waals surface area contributed by atoms with Crippen LogP contribution in [0.4, 0.5) is 0 Å². The van der Waals surface area contributed by atoms with Gasteiger partial charge < -0.3 is 5.11 Å². The molecule has 0 aromatic heterocycles. The molecule has 0 spiro atoms. The number of halogens is 2. The summed E-state index contributed by atoms with van der Waals surface area (Å²) in [7, 11) is 0. The highest BCUT2D eigenvalue weighted by Crippen LogP contribution is 2.34. The first kappa shape index (κ1) is 11.2. The Morgan fingerprint density at radius 3 is 2.57 bits per heavy atom. The highest BCUT2D eigenvalue weighted by atomic mass is 79.9. The molecule has 0 aliphatic heterocycles. The lowest BCUT2D eigenvalue weighted by molar-refractivity contribution is -0.400. The predicted molar refractivity (Wildman–Crippen MR) is 59.5 cm³/mol. The molecule has 1 aromatic carbocycles. The summed E-state index contributed by atoms with van der Waals surface area (Å²) >= 11 is 6.34. The van der Waals surface area contributed by atoms with Gasteiger partial charge in [0.25, 0.3) is 0 Å². The Hall–Kier alpha value is -0.880. The summed E-state index contributed by atoms with van der Waals surface area (Å²) in [5.41, 5.74) is 0.617. The summed E-state index contributed by atoms with van der Waals surface area (Å²) in [6.07, 6.45) is 2.18. The van der Waals surface area contributed by atoms with E-state index in [1.807, 2.05) is 0 Å². The molecule has 74 valence electrons. The molecule has 0 saturated carbocycles. The molecule has 1 N–H and O–H groups in total. The fourth-order valence-electron chi connectivity index (χ4n) is 0.824. The summed E-state index contributed by atoms with van der Waals surface area (Å²) in [5, 5.41) is 19.3. The van der Waals surface area contributed by atoms with Gasteiger partial charge in [0.15, 0.2) is 0 Å². The van der Waals surface area contributed by atoms with Crippen molar-refractivity contribution in [1.82, 2.24) is 0 Å². The number of nitrogens with zero attached hydrogens (tertiary/aromatic N) is 1. The molecule has 0 unspecified atom stereocenters. The number of benzene rings is 1. The number of hydrogen-bond acceptors (Lipinski definition) is 3. The molecular weight excluding hydrogens is 318 g/mol. The molecular formula is C8H5Br2NO3. The van der Waals surface area contributed by atoms with Crippen molar-refractivity contribution < 1.29 is 10.0 Å². The number of hydrogen-bond donors (Lipinski definition) is 1. The lowest BCUT2D eigenvalue weighted by atomic mass is 10.2. The summed E-state index contributed by atoms with van der Waals surface area (Å²) in [6, 6.07) is 3.03. The topological polar surface area (TPSA) is 63.4 Å². The minimum absolute atomic E-state index is 0.0788. The molecule has 4 nitrogen and oxygen atoms in total. The average molecular weight is 323 g/mol. The highest BCUT2D eigenvalue weighted by Gasteiger charge is 2.06. The number of aromatic hydroxyl groups is 1.